The van der Waals surface area contributed by atoms with Crippen molar-refractivity contribution in [3.8, 4) is 0 Å². The number of esters is 1. The summed E-state index contributed by atoms with van der Waals surface area (Å²) in [5.74, 6) is -0.107. The molecule has 0 aromatic carbocycles. The molecular weight excluding hydrogens is 272 g/mol. The van der Waals surface area contributed by atoms with Gasteiger partial charge in [-0.15, -0.1) is 11.8 Å². The Labute approximate surface area is 114 Å². The van der Waals surface area contributed by atoms with Crippen LogP contribution < -0.4 is 0 Å². The van der Waals surface area contributed by atoms with Crippen molar-refractivity contribution in [3.63, 3.8) is 0 Å². The van der Waals surface area contributed by atoms with Crippen molar-refractivity contribution in [3.05, 3.63) is 23.7 Å². The van der Waals surface area contributed by atoms with Crippen LogP contribution in [0.25, 0.3) is 0 Å². The normalized spacial score (nSPS) is 30.5. The molecule has 7 heteroatoms. The van der Waals surface area contributed by atoms with E-state index in [1.54, 1.807) is 6.92 Å². The highest BCUT2D eigenvalue weighted by Gasteiger charge is 2.44. The molecule has 106 valence electrons. The van der Waals surface area contributed by atoms with Crippen LogP contribution in [0.15, 0.2) is 16.7 Å². The molecule has 1 fully saturated rings. The third kappa shape index (κ3) is 2.79. The summed E-state index contributed by atoms with van der Waals surface area (Å²) in [5.41, 5.74) is 0.270. The van der Waals surface area contributed by atoms with E-state index in [0.29, 0.717) is 5.76 Å². The SMILES string of the molecule is CCOC(=O)c1coc([C@@H]2S[C@H](CO)[C@@H](O)[C@H]2O)c1. The van der Waals surface area contributed by atoms with E-state index in [-0.39, 0.29) is 18.8 Å². The van der Waals surface area contributed by atoms with Crippen LogP contribution in [0.3, 0.4) is 0 Å². The predicted octanol–water partition coefficient (Wildman–Crippen LogP) is 0.327. The average Bonchev–Trinajstić information content (AvgIpc) is 2.97. The molecule has 4 atom stereocenters. The average molecular weight is 288 g/mol. The highest BCUT2D eigenvalue weighted by molar-refractivity contribution is 8.00. The molecule has 1 aliphatic heterocycles. The Morgan fingerprint density at radius 3 is 2.79 bits per heavy atom. The zero-order valence-electron chi connectivity index (χ0n) is 10.4. The van der Waals surface area contributed by atoms with E-state index in [0.717, 1.165) is 0 Å². The molecule has 0 bridgehead atoms. The zero-order valence-corrected chi connectivity index (χ0v) is 11.2. The van der Waals surface area contributed by atoms with Gasteiger partial charge in [0.15, 0.2) is 0 Å². The third-order valence-corrected chi connectivity index (χ3v) is 4.54. The quantitative estimate of drug-likeness (QED) is 0.686. The topological polar surface area (TPSA) is 100 Å². The molecule has 0 radical (unpaired) electrons. The second-order valence-corrected chi connectivity index (χ2v) is 5.60. The smallest absolute Gasteiger partial charge is 0.341 e. The van der Waals surface area contributed by atoms with Crippen LogP contribution >= 0.6 is 11.8 Å². The van der Waals surface area contributed by atoms with Crippen molar-refractivity contribution in [2.24, 2.45) is 0 Å². The summed E-state index contributed by atoms with van der Waals surface area (Å²) in [6.45, 7) is 1.74. The Morgan fingerprint density at radius 2 is 2.21 bits per heavy atom. The predicted molar refractivity (Wildman–Crippen MR) is 67.9 cm³/mol. The molecular formula is C12H16O6S. The van der Waals surface area contributed by atoms with Gasteiger partial charge in [0.1, 0.15) is 18.1 Å². The monoisotopic (exact) mass is 288 g/mol. The summed E-state index contributed by atoms with van der Waals surface area (Å²) in [4.78, 5) is 11.5. The van der Waals surface area contributed by atoms with Gasteiger partial charge in [-0.25, -0.2) is 4.79 Å². The Kier molecular flexibility index (Phi) is 4.51. The molecule has 0 unspecified atom stereocenters. The van der Waals surface area contributed by atoms with Crippen molar-refractivity contribution < 1.29 is 29.3 Å². The van der Waals surface area contributed by atoms with Crippen molar-refractivity contribution in [2.75, 3.05) is 13.2 Å². The molecule has 19 heavy (non-hydrogen) atoms. The molecule has 6 nitrogen and oxygen atoms in total. The molecule has 0 spiro atoms. The number of furan rings is 1. The maximum atomic E-state index is 11.5. The zero-order chi connectivity index (χ0) is 14.0. The Balaban J connectivity index is 2.13. The lowest BCUT2D eigenvalue weighted by molar-refractivity contribution is 0.0174. The fourth-order valence-electron chi connectivity index (χ4n) is 1.96. The lowest BCUT2D eigenvalue weighted by atomic mass is 10.1. The molecule has 1 aromatic heterocycles. The van der Waals surface area contributed by atoms with Gasteiger partial charge in [0, 0.05) is 0 Å². The van der Waals surface area contributed by atoms with Gasteiger partial charge in [-0.1, -0.05) is 0 Å². The van der Waals surface area contributed by atoms with E-state index < -0.39 is 28.7 Å². The van der Waals surface area contributed by atoms with E-state index in [4.69, 9.17) is 14.3 Å². The van der Waals surface area contributed by atoms with Gasteiger partial charge in [-0.2, -0.15) is 0 Å². The maximum Gasteiger partial charge on any atom is 0.341 e. The van der Waals surface area contributed by atoms with Crippen LogP contribution in [0.1, 0.15) is 28.3 Å². The number of aliphatic hydroxyl groups is 3. The van der Waals surface area contributed by atoms with Crippen LogP contribution in [-0.4, -0.2) is 52.0 Å². The maximum absolute atomic E-state index is 11.5. The van der Waals surface area contributed by atoms with Crippen LogP contribution in [0.4, 0.5) is 0 Å². The molecule has 0 aliphatic carbocycles. The van der Waals surface area contributed by atoms with E-state index in [9.17, 15) is 15.0 Å². The van der Waals surface area contributed by atoms with Crippen LogP contribution in [-0.2, 0) is 4.74 Å². The molecule has 1 aromatic rings. The van der Waals surface area contributed by atoms with E-state index in [1.165, 1.54) is 24.1 Å². The minimum atomic E-state index is -1.04. The van der Waals surface area contributed by atoms with Crippen molar-refractivity contribution in [1.29, 1.82) is 0 Å². The number of hydrogen-bond acceptors (Lipinski definition) is 7. The molecule has 0 amide bonds. The minimum absolute atomic E-state index is 0.231. The number of carbonyl (C=O) groups is 1. The summed E-state index contributed by atoms with van der Waals surface area (Å²) < 4.78 is 10.1. The van der Waals surface area contributed by atoms with Gasteiger partial charge in [0.05, 0.1) is 35.4 Å². The fraction of sp³-hybridized carbons (Fsp3) is 0.583. The first kappa shape index (κ1) is 14.4. The molecule has 1 saturated heterocycles. The fourth-order valence-corrected chi connectivity index (χ4v) is 3.32. The van der Waals surface area contributed by atoms with Gasteiger partial charge in [-0.05, 0) is 13.0 Å². The van der Waals surface area contributed by atoms with Crippen molar-refractivity contribution >= 4 is 17.7 Å². The standard InChI is InChI=1S/C12H16O6S/c1-2-17-12(16)6-3-7(18-5-6)11-10(15)9(14)8(4-13)19-11/h3,5,8-11,13-15H,2,4H2,1H3/t8-,9-,10-,11+/m1/s1. The second-order valence-electron chi connectivity index (χ2n) is 4.22. The van der Waals surface area contributed by atoms with Gasteiger partial charge >= 0.3 is 5.97 Å². The third-order valence-electron chi connectivity index (χ3n) is 2.95. The summed E-state index contributed by atoms with van der Waals surface area (Å²) >= 11 is 1.22. The summed E-state index contributed by atoms with van der Waals surface area (Å²) in [6.07, 6.45) is -0.793. The number of rotatable bonds is 4. The lowest BCUT2D eigenvalue weighted by Gasteiger charge is -2.13. The van der Waals surface area contributed by atoms with Gasteiger partial charge in [0.2, 0.25) is 0 Å². The first-order valence-corrected chi connectivity index (χ1v) is 6.90. The Bertz CT molecular complexity index is 445. The van der Waals surface area contributed by atoms with Crippen LogP contribution in [0, 0.1) is 0 Å². The van der Waals surface area contributed by atoms with E-state index >= 15 is 0 Å². The number of ether oxygens (including phenoxy) is 1. The Hall–Kier alpha value is -1.02. The van der Waals surface area contributed by atoms with Gasteiger partial charge in [-0.3, -0.25) is 0 Å². The van der Waals surface area contributed by atoms with Gasteiger partial charge in [0.25, 0.3) is 0 Å². The molecule has 3 N–H and O–H groups in total. The van der Waals surface area contributed by atoms with Crippen molar-refractivity contribution in [2.45, 2.75) is 29.6 Å². The number of aliphatic hydroxyl groups excluding tert-OH is 3. The number of carbonyl (C=O) groups excluding carboxylic acids is 1. The largest absolute Gasteiger partial charge is 0.467 e. The van der Waals surface area contributed by atoms with E-state index in [1.807, 2.05) is 0 Å². The molecule has 2 heterocycles. The summed E-state index contributed by atoms with van der Waals surface area (Å²) in [6, 6.07) is 1.49. The van der Waals surface area contributed by atoms with Gasteiger partial charge < -0.3 is 24.5 Å². The minimum Gasteiger partial charge on any atom is -0.467 e. The Morgan fingerprint density at radius 1 is 1.47 bits per heavy atom. The summed E-state index contributed by atoms with van der Waals surface area (Å²) in [7, 11) is 0. The second kappa shape index (κ2) is 5.96. The summed E-state index contributed by atoms with van der Waals surface area (Å²) in [5, 5.41) is 27.8. The van der Waals surface area contributed by atoms with E-state index in [2.05, 4.69) is 0 Å². The molecule has 2 rings (SSSR count). The first-order valence-electron chi connectivity index (χ1n) is 5.96. The number of thioether (sulfide) groups is 1. The molecule has 1 aliphatic rings. The first-order chi connectivity index (χ1) is 9.08. The highest BCUT2D eigenvalue weighted by atomic mass is 32.2. The highest BCUT2D eigenvalue weighted by Crippen LogP contribution is 2.45. The molecule has 0 saturated carbocycles. The number of hydrogen-bond donors (Lipinski definition) is 3. The lowest BCUT2D eigenvalue weighted by Crippen LogP contribution is -2.31. The van der Waals surface area contributed by atoms with Crippen LogP contribution in [0.2, 0.25) is 0 Å². The van der Waals surface area contributed by atoms with Crippen molar-refractivity contribution in [1.82, 2.24) is 0 Å². The van der Waals surface area contributed by atoms with Crippen LogP contribution in [0.5, 0.6) is 0 Å².